The summed E-state index contributed by atoms with van der Waals surface area (Å²) in [5.41, 5.74) is 0.0926. The number of H-pyrrole nitrogens is 1. The highest BCUT2D eigenvalue weighted by Crippen LogP contribution is 2.19. The van der Waals surface area contributed by atoms with Crippen LogP contribution in [-0.2, 0) is 6.54 Å². The van der Waals surface area contributed by atoms with Crippen LogP contribution < -0.4 is 10.6 Å². The Kier molecular flexibility index (Phi) is 6.49. The summed E-state index contributed by atoms with van der Waals surface area (Å²) in [5.74, 6) is 2.69. The maximum atomic E-state index is 5.32. The molecule has 148 valence electrons. The fourth-order valence-corrected chi connectivity index (χ4v) is 3.29. The van der Waals surface area contributed by atoms with E-state index in [0.29, 0.717) is 24.0 Å². The first-order valence-electron chi connectivity index (χ1n) is 9.81. The van der Waals surface area contributed by atoms with Gasteiger partial charge in [0.05, 0.1) is 6.26 Å². The topological polar surface area (TPSA) is 94.4 Å². The highest BCUT2D eigenvalue weighted by Gasteiger charge is 2.27. The molecule has 1 aliphatic heterocycles. The molecule has 3 N–H and O–H groups in total. The molecule has 0 unspecified atom stereocenters. The maximum Gasteiger partial charge on any atom is 0.216 e. The van der Waals surface area contributed by atoms with E-state index in [2.05, 4.69) is 56.5 Å². The number of nitrogens with zero attached hydrogens (tertiary/aromatic N) is 4. The number of aromatic nitrogens is 3. The summed E-state index contributed by atoms with van der Waals surface area (Å²) in [6.07, 6.45) is 5.55. The van der Waals surface area contributed by atoms with Crippen molar-refractivity contribution in [1.82, 2.24) is 30.7 Å². The number of rotatable bonds is 7. The van der Waals surface area contributed by atoms with E-state index in [0.717, 1.165) is 19.0 Å². The van der Waals surface area contributed by atoms with Crippen molar-refractivity contribution in [2.45, 2.75) is 52.1 Å². The highest BCUT2D eigenvalue weighted by molar-refractivity contribution is 5.79. The van der Waals surface area contributed by atoms with Crippen molar-refractivity contribution in [3.05, 3.63) is 24.2 Å². The van der Waals surface area contributed by atoms with E-state index >= 15 is 0 Å². The van der Waals surface area contributed by atoms with Crippen molar-refractivity contribution in [2.75, 3.05) is 26.2 Å². The molecule has 0 spiro atoms. The molecule has 27 heavy (non-hydrogen) atoms. The van der Waals surface area contributed by atoms with E-state index in [9.17, 15) is 0 Å². The zero-order valence-electron chi connectivity index (χ0n) is 16.6. The Labute approximate surface area is 160 Å². The lowest BCUT2D eigenvalue weighted by molar-refractivity contribution is 0.0982. The third-order valence-corrected chi connectivity index (χ3v) is 4.91. The average molecular weight is 374 g/mol. The van der Waals surface area contributed by atoms with Crippen molar-refractivity contribution in [3.8, 4) is 11.6 Å². The van der Waals surface area contributed by atoms with E-state index in [4.69, 9.17) is 4.42 Å². The molecule has 1 saturated heterocycles. The van der Waals surface area contributed by atoms with Gasteiger partial charge in [0.1, 0.15) is 12.4 Å². The Morgan fingerprint density at radius 1 is 1.30 bits per heavy atom. The summed E-state index contributed by atoms with van der Waals surface area (Å²) in [5, 5.41) is 13.9. The molecule has 0 aliphatic carbocycles. The molecule has 0 amide bonds. The largest absolute Gasteiger partial charge is 0.461 e. The summed E-state index contributed by atoms with van der Waals surface area (Å²) in [6.45, 7) is 11.1. The molecule has 0 atom stereocenters. The van der Waals surface area contributed by atoms with Gasteiger partial charge in [0.25, 0.3) is 0 Å². The fourth-order valence-electron chi connectivity index (χ4n) is 3.29. The van der Waals surface area contributed by atoms with E-state index in [1.54, 1.807) is 6.26 Å². The number of guanidine groups is 1. The summed E-state index contributed by atoms with van der Waals surface area (Å²) in [7, 11) is 0. The minimum Gasteiger partial charge on any atom is -0.461 e. The van der Waals surface area contributed by atoms with Gasteiger partial charge in [-0.25, -0.2) is 9.98 Å². The molecule has 8 nitrogen and oxygen atoms in total. The van der Waals surface area contributed by atoms with Gasteiger partial charge in [0, 0.05) is 18.6 Å². The van der Waals surface area contributed by atoms with Crippen LogP contribution in [0.25, 0.3) is 11.6 Å². The number of hydrogen-bond donors (Lipinski definition) is 3. The van der Waals surface area contributed by atoms with Gasteiger partial charge in [-0.2, -0.15) is 0 Å². The Morgan fingerprint density at radius 2 is 2.11 bits per heavy atom. The molecule has 1 aliphatic rings. The SMILES string of the molecule is CCNC(=NCc1nc(-c2ccco2)n[nH]1)NCC(C)(C)N1CCCCC1. The average Bonchev–Trinajstić information content (AvgIpc) is 3.36. The van der Waals surface area contributed by atoms with Gasteiger partial charge in [0.15, 0.2) is 11.7 Å². The molecule has 2 aromatic heterocycles. The molecule has 0 aromatic carbocycles. The van der Waals surface area contributed by atoms with Crippen LogP contribution in [0.1, 0.15) is 45.9 Å². The zero-order chi connectivity index (χ0) is 19.1. The molecule has 1 fully saturated rings. The Balaban J connectivity index is 1.57. The van der Waals surface area contributed by atoms with E-state index < -0.39 is 0 Å². The molecule has 3 heterocycles. The van der Waals surface area contributed by atoms with Gasteiger partial charge < -0.3 is 15.1 Å². The molecule has 8 heteroatoms. The van der Waals surface area contributed by atoms with Crippen LogP contribution in [0.2, 0.25) is 0 Å². The molecule has 0 bridgehead atoms. The van der Waals surface area contributed by atoms with Gasteiger partial charge in [-0.15, -0.1) is 5.10 Å². The minimum absolute atomic E-state index is 0.0926. The molecular weight excluding hydrogens is 342 g/mol. The molecule has 3 rings (SSSR count). The van der Waals surface area contributed by atoms with Gasteiger partial charge in [-0.1, -0.05) is 6.42 Å². The van der Waals surface area contributed by atoms with Crippen LogP contribution in [0.15, 0.2) is 27.8 Å². The third-order valence-electron chi connectivity index (χ3n) is 4.91. The molecule has 2 aromatic rings. The Bertz CT molecular complexity index is 714. The van der Waals surface area contributed by atoms with Crippen LogP contribution >= 0.6 is 0 Å². The van der Waals surface area contributed by atoms with Crippen molar-refractivity contribution in [2.24, 2.45) is 4.99 Å². The highest BCUT2D eigenvalue weighted by atomic mass is 16.3. The number of aliphatic imine (C=N–C) groups is 1. The number of hydrogen-bond acceptors (Lipinski definition) is 5. The predicted molar refractivity (Wildman–Crippen MR) is 106 cm³/mol. The standard InChI is InChI=1S/C19H31N7O/c1-4-20-18(22-14-19(2,3)26-10-6-5-7-11-26)21-13-16-23-17(25-24-16)15-9-8-12-27-15/h8-9,12H,4-7,10-11,13-14H2,1-3H3,(H2,20,21,22)(H,23,24,25). The van der Waals surface area contributed by atoms with Gasteiger partial charge in [0.2, 0.25) is 5.82 Å². The lowest BCUT2D eigenvalue weighted by atomic mass is 9.98. The summed E-state index contributed by atoms with van der Waals surface area (Å²) in [6, 6.07) is 3.66. The second-order valence-corrected chi connectivity index (χ2v) is 7.49. The smallest absolute Gasteiger partial charge is 0.216 e. The van der Waals surface area contributed by atoms with Gasteiger partial charge in [-0.3, -0.25) is 10.00 Å². The predicted octanol–water partition coefficient (Wildman–Crippen LogP) is 2.38. The fraction of sp³-hybridized carbons (Fsp3) is 0.632. The van der Waals surface area contributed by atoms with Gasteiger partial charge in [-0.05, 0) is 58.8 Å². The number of furan rings is 1. The normalized spacial score (nSPS) is 16.5. The Morgan fingerprint density at radius 3 is 2.81 bits per heavy atom. The molecule has 0 radical (unpaired) electrons. The minimum atomic E-state index is 0.0926. The third kappa shape index (κ3) is 5.32. The van der Waals surface area contributed by atoms with Crippen molar-refractivity contribution in [1.29, 1.82) is 0 Å². The summed E-state index contributed by atoms with van der Waals surface area (Å²) in [4.78, 5) is 11.6. The first kappa shape index (κ1) is 19.4. The summed E-state index contributed by atoms with van der Waals surface area (Å²) < 4.78 is 5.32. The van der Waals surface area contributed by atoms with Crippen molar-refractivity contribution in [3.63, 3.8) is 0 Å². The number of aromatic amines is 1. The van der Waals surface area contributed by atoms with Crippen LogP contribution in [0.3, 0.4) is 0 Å². The van der Waals surface area contributed by atoms with E-state index in [-0.39, 0.29) is 5.54 Å². The van der Waals surface area contributed by atoms with Crippen LogP contribution in [-0.4, -0.2) is 57.8 Å². The first-order chi connectivity index (χ1) is 13.1. The van der Waals surface area contributed by atoms with Crippen LogP contribution in [0.5, 0.6) is 0 Å². The molecular formula is C19H31N7O. The quantitative estimate of drug-likeness (QED) is 0.510. The van der Waals surface area contributed by atoms with Crippen molar-refractivity contribution < 1.29 is 4.42 Å². The van der Waals surface area contributed by atoms with Crippen LogP contribution in [0.4, 0.5) is 0 Å². The number of likely N-dealkylation sites (tertiary alicyclic amines) is 1. The lowest BCUT2D eigenvalue weighted by Gasteiger charge is -2.41. The second-order valence-electron chi connectivity index (χ2n) is 7.49. The first-order valence-corrected chi connectivity index (χ1v) is 9.81. The van der Waals surface area contributed by atoms with Crippen LogP contribution in [0, 0.1) is 0 Å². The lowest BCUT2D eigenvalue weighted by Crippen LogP contribution is -2.54. The van der Waals surface area contributed by atoms with Crippen molar-refractivity contribution >= 4 is 5.96 Å². The van der Waals surface area contributed by atoms with E-state index in [1.165, 1.54) is 32.4 Å². The van der Waals surface area contributed by atoms with Gasteiger partial charge >= 0.3 is 0 Å². The molecule has 0 saturated carbocycles. The number of piperidine rings is 1. The second kappa shape index (κ2) is 9.03. The summed E-state index contributed by atoms with van der Waals surface area (Å²) >= 11 is 0. The monoisotopic (exact) mass is 373 g/mol. The number of nitrogens with one attached hydrogen (secondary N) is 3. The maximum absolute atomic E-state index is 5.32. The zero-order valence-corrected chi connectivity index (χ0v) is 16.6. The van der Waals surface area contributed by atoms with E-state index in [1.807, 2.05) is 12.1 Å². The Hall–Kier alpha value is -2.35.